The Morgan fingerprint density at radius 1 is 1.08 bits per heavy atom. The van der Waals surface area contributed by atoms with E-state index in [1.165, 1.54) is 19.1 Å². The summed E-state index contributed by atoms with van der Waals surface area (Å²) in [4.78, 5) is 65.9. The van der Waals surface area contributed by atoms with Gasteiger partial charge in [0.1, 0.15) is 28.7 Å². The van der Waals surface area contributed by atoms with Crippen LogP contribution in [0.2, 0.25) is 0 Å². The Kier molecular flexibility index (Phi) is 9.90. The molecule has 4 aromatic rings. The Morgan fingerprint density at radius 3 is 2.49 bits per heavy atom. The van der Waals surface area contributed by atoms with E-state index >= 15 is 0 Å². The van der Waals surface area contributed by atoms with Crippen molar-refractivity contribution in [2.45, 2.75) is 84.2 Å². The first-order valence-electron chi connectivity index (χ1n) is 16.5. The highest BCUT2D eigenvalue weighted by atomic mass is 79.9. The van der Waals surface area contributed by atoms with E-state index in [-0.39, 0.29) is 47.7 Å². The van der Waals surface area contributed by atoms with Gasteiger partial charge in [-0.3, -0.25) is 23.9 Å². The number of carbonyl (C=O) groups excluding carboxylic acids is 3. The molecule has 0 bridgehead atoms. The molecule has 2 fully saturated rings. The van der Waals surface area contributed by atoms with Gasteiger partial charge in [-0.25, -0.2) is 15.0 Å². The molecule has 1 aliphatic carbocycles. The number of carboxylic acids is 1. The minimum Gasteiger partial charge on any atom is -0.481 e. The van der Waals surface area contributed by atoms with Crippen molar-refractivity contribution in [1.29, 1.82) is 0 Å². The molecule has 0 spiro atoms. The molecule has 1 aromatic carbocycles. The molecule has 2 amide bonds. The second kappa shape index (κ2) is 14.0. The number of anilines is 1. The number of piperidine rings is 1. The highest BCUT2D eigenvalue weighted by Gasteiger charge is 2.64. The Morgan fingerprint density at radius 2 is 1.80 bits per heavy atom. The number of fused-ring (bicyclic) bond motifs is 2. The third-order valence-electron chi connectivity index (χ3n) is 9.58. The van der Waals surface area contributed by atoms with Gasteiger partial charge >= 0.3 is 5.97 Å². The Balaban J connectivity index is 1.22. The van der Waals surface area contributed by atoms with Gasteiger partial charge in [-0.1, -0.05) is 19.1 Å². The van der Waals surface area contributed by atoms with Crippen molar-refractivity contribution in [3.63, 3.8) is 0 Å². The van der Waals surface area contributed by atoms with E-state index in [0.29, 0.717) is 39.1 Å². The lowest BCUT2D eigenvalue weighted by molar-refractivity contribution is -0.139. The van der Waals surface area contributed by atoms with Crippen LogP contribution in [0.15, 0.2) is 47.3 Å². The second-order valence-corrected chi connectivity index (χ2v) is 14.5. The average molecular weight is 761 g/mol. The molecule has 3 aromatic heterocycles. The first kappa shape index (κ1) is 35.9. The number of carboxylic acid groups (broad SMARTS) is 1. The molecule has 0 unspecified atom stereocenters. The molecule has 51 heavy (non-hydrogen) atoms. The van der Waals surface area contributed by atoms with Gasteiger partial charge in [-0.05, 0) is 89.0 Å². The van der Waals surface area contributed by atoms with Crippen LogP contribution in [0.25, 0.3) is 28.1 Å². The van der Waals surface area contributed by atoms with E-state index in [4.69, 9.17) is 5.11 Å². The van der Waals surface area contributed by atoms with Gasteiger partial charge in [-0.2, -0.15) is 5.10 Å². The third-order valence-corrected chi connectivity index (χ3v) is 10.0. The number of rotatable bonds is 12. The number of ketones is 1. The number of Topliss-reactive ketones (excluding diaryl/α,β-unsaturated/α-hetero) is 1. The van der Waals surface area contributed by atoms with Crippen molar-refractivity contribution in [3.05, 3.63) is 70.0 Å². The molecule has 5 atom stereocenters. The third kappa shape index (κ3) is 7.60. The number of hydrogen-bond acceptors (Lipinski definition) is 10. The number of aryl methyl sites for hydroxylation is 2. The van der Waals surface area contributed by atoms with Crippen LogP contribution in [0, 0.1) is 19.3 Å². The van der Waals surface area contributed by atoms with Crippen LogP contribution < -0.4 is 5.32 Å². The van der Waals surface area contributed by atoms with Crippen molar-refractivity contribution in [2.75, 3.05) is 5.32 Å². The molecule has 15 heteroatoms. The molecule has 1 saturated carbocycles. The number of carbonyl (C=O) groups is 4. The van der Waals surface area contributed by atoms with Gasteiger partial charge in [0.2, 0.25) is 11.8 Å². The van der Waals surface area contributed by atoms with Gasteiger partial charge in [0.15, 0.2) is 11.6 Å². The zero-order chi connectivity index (χ0) is 36.8. The van der Waals surface area contributed by atoms with E-state index < -0.39 is 30.6 Å². The summed E-state index contributed by atoms with van der Waals surface area (Å²) in [5.41, 5.74) is 3.65. The maximum atomic E-state index is 14.0. The highest BCUT2D eigenvalue weighted by Crippen LogP contribution is 2.59. The van der Waals surface area contributed by atoms with E-state index in [9.17, 15) is 29.4 Å². The minimum atomic E-state index is -1.19. The Labute approximate surface area is 301 Å². The number of nitrogens with zero attached hydrogens (tertiary/aromatic N) is 6. The molecule has 6 rings (SSSR count). The highest BCUT2D eigenvalue weighted by molar-refractivity contribution is 9.10. The van der Waals surface area contributed by atoms with Gasteiger partial charge in [0.05, 0.1) is 24.1 Å². The topological polar surface area (TPSA) is 201 Å². The average Bonchev–Trinajstić information content (AvgIpc) is 3.41. The first-order chi connectivity index (χ1) is 24.1. The number of aliphatic hydroxyl groups is 2. The van der Waals surface area contributed by atoms with E-state index in [1.807, 2.05) is 32.0 Å². The SMILES string of the molecule is CC(=O)c1nn(CC(=O)N2[C@H](C(=O)Nc3nc(Br)ccc3C)C[C@@]3(C)C[C@@H]23)c2c(C)cc(-c3cnc(/C=C/[C@@H](O)C[C@@H](O)CC(=O)O)nc3)cc12. The molecule has 4 heterocycles. The molecular formula is C36H38BrN7O7. The van der Waals surface area contributed by atoms with E-state index in [0.717, 1.165) is 23.1 Å². The van der Waals surface area contributed by atoms with Gasteiger partial charge < -0.3 is 25.5 Å². The summed E-state index contributed by atoms with van der Waals surface area (Å²) in [7, 11) is 0. The van der Waals surface area contributed by atoms with Gasteiger partial charge in [0, 0.05) is 42.7 Å². The lowest BCUT2D eigenvalue weighted by Gasteiger charge is -2.27. The summed E-state index contributed by atoms with van der Waals surface area (Å²) in [6.45, 7) is 7.07. The van der Waals surface area contributed by atoms with Crippen LogP contribution in [0.1, 0.15) is 67.0 Å². The molecular weight excluding hydrogens is 722 g/mol. The van der Waals surface area contributed by atoms with Crippen LogP contribution in [-0.4, -0.2) is 92.8 Å². The summed E-state index contributed by atoms with van der Waals surface area (Å²) in [6.07, 6.45) is 4.51. The summed E-state index contributed by atoms with van der Waals surface area (Å²) >= 11 is 3.35. The predicted molar refractivity (Wildman–Crippen MR) is 190 cm³/mol. The molecule has 1 aliphatic heterocycles. The number of amides is 2. The number of benzene rings is 1. The number of nitrogens with one attached hydrogen (secondary N) is 1. The fraction of sp³-hybridized carbons (Fsp3) is 0.389. The molecule has 266 valence electrons. The number of aliphatic hydroxyl groups excluding tert-OH is 2. The monoisotopic (exact) mass is 759 g/mol. The van der Waals surface area contributed by atoms with Crippen molar-refractivity contribution in [3.8, 4) is 11.1 Å². The van der Waals surface area contributed by atoms with Crippen LogP contribution >= 0.6 is 15.9 Å². The molecule has 2 aliphatic rings. The second-order valence-electron chi connectivity index (χ2n) is 13.7. The number of likely N-dealkylation sites (tertiary alicyclic amines) is 1. The zero-order valence-electron chi connectivity index (χ0n) is 28.5. The molecule has 0 radical (unpaired) electrons. The largest absolute Gasteiger partial charge is 0.481 e. The van der Waals surface area contributed by atoms with E-state index in [2.05, 4.69) is 48.2 Å². The van der Waals surface area contributed by atoms with Gasteiger partial charge in [0.25, 0.3) is 0 Å². The quantitative estimate of drug-likeness (QED) is 0.120. The van der Waals surface area contributed by atoms with Gasteiger partial charge in [-0.15, -0.1) is 0 Å². The van der Waals surface area contributed by atoms with Crippen LogP contribution in [0.5, 0.6) is 0 Å². The lowest BCUT2D eigenvalue weighted by atomic mass is 10.0. The van der Waals surface area contributed by atoms with Crippen LogP contribution in [0.4, 0.5) is 5.82 Å². The summed E-state index contributed by atoms with van der Waals surface area (Å²) in [5, 5.41) is 36.7. The number of aliphatic carboxylic acids is 1. The van der Waals surface area contributed by atoms with Crippen molar-refractivity contribution >= 4 is 62.3 Å². The lowest BCUT2D eigenvalue weighted by Crippen LogP contribution is -2.47. The summed E-state index contributed by atoms with van der Waals surface area (Å²) in [5.74, 6) is -1.25. The fourth-order valence-electron chi connectivity index (χ4n) is 6.88. The van der Waals surface area contributed by atoms with E-state index in [1.54, 1.807) is 28.0 Å². The normalized spacial score (nSPS) is 20.7. The molecule has 1 saturated heterocycles. The smallest absolute Gasteiger partial charge is 0.305 e. The number of hydrogen-bond donors (Lipinski definition) is 4. The van der Waals surface area contributed by atoms with Crippen LogP contribution in [-0.2, 0) is 20.9 Å². The number of halogens is 1. The standard InChI is InChI=1S/C36H38BrN7O7/c1-18-5-7-28(37)40-34(18)41-35(51)26-13-36(4)14-27(36)44(26)30(48)17-43-33-19(2)9-21(10-25(33)32(42-43)20(3)45)22-15-38-29(39-16-22)8-6-23(46)11-24(47)12-31(49)50/h5-10,15-16,23-24,26-27,46-47H,11-14,17H2,1-4H3,(H,49,50)(H,40,41,51)/b8-6+/t23-,24-,26+,27-,36+/m1/s1. The summed E-state index contributed by atoms with van der Waals surface area (Å²) < 4.78 is 2.13. The van der Waals surface area contributed by atoms with Crippen molar-refractivity contribution < 1.29 is 34.5 Å². The Hall–Kier alpha value is -4.86. The molecule has 14 nitrogen and oxygen atoms in total. The van der Waals surface area contributed by atoms with Crippen molar-refractivity contribution in [1.82, 2.24) is 29.6 Å². The predicted octanol–water partition coefficient (Wildman–Crippen LogP) is 4.09. The maximum absolute atomic E-state index is 14.0. The van der Waals surface area contributed by atoms with Crippen LogP contribution in [0.3, 0.4) is 0 Å². The summed E-state index contributed by atoms with van der Waals surface area (Å²) in [6, 6.07) is 6.61. The first-order valence-corrected chi connectivity index (χ1v) is 17.3. The Bertz CT molecular complexity index is 2080. The fourth-order valence-corrected chi connectivity index (χ4v) is 7.19. The number of aromatic nitrogens is 5. The van der Waals surface area contributed by atoms with Crippen molar-refractivity contribution in [2.24, 2.45) is 5.41 Å². The zero-order valence-corrected chi connectivity index (χ0v) is 30.1. The minimum absolute atomic E-state index is 0.0660. The molecule has 4 N–H and O–H groups in total. The maximum Gasteiger partial charge on any atom is 0.305 e. The number of pyridine rings is 1.